The molecule has 4 rings (SSSR count). The van der Waals surface area contributed by atoms with E-state index < -0.39 is 0 Å². The summed E-state index contributed by atoms with van der Waals surface area (Å²) >= 11 is 0. The third-order valence-electron chi connectivity index (χ3n) is 5.56. The van der Waals surface area contributed by atoms with Gasteiger partial charge in [-0.3, -0.25) is 14.5 Å². The van der Waals surface area contributed by atoms with E-state index in [1.54, 1.807) is 0 Å². The second-order valence-electron chi connectivity index (χ2n) is 7.89. The maximum Gasteiger partial charge on any atom is 0.255 e. The van der Waals surface area contributed by atoms with Gasteiger partial charge in [-0.2, -0.15) is 0 Å². The summed E-state index contributed by atoms with van der Waals surface area (Å²) in [6.45, 7) is 4.33. The molecule has 168 valence electrons. The van der Waals surface area contributed by atoms with Gasteiger partial charge in [0, 0.05) is 51.7 Å². The Morgan fingerprint density at radius 1 is 0.812 bits per heavy atom. The van der Waals surface area contributed by atoms with Crippen molar-refractivity contribution in [2.75, 3.05) is 32.7 Å². The van der Waals surface area contributed by atoms with E-state index in [0.29, 0.717) is 44.8 Å². The van der Waals surface area contributed by atoms with Crippen LogP contribution in [0, 0.1) is 0 Å². The fourth-order valence-electron chi connectivity index (χ4n) is 3.81. The van der Waals surface area contributed by atoms with Gasteiger partial charge in [-0.05, 0) is 17.2 Å². The molecule has 7 heteroatoms. The van der Waals surface area contributed by atoms with E-state index in [9.17, 15) is 9.59 Å². The first-order valence-electron chi connectivity index (χ1n) is 10.7. The monoisotopic (exact) mass is 452 g/mol. The predicted octanol–water partition coefficient (Wildman–Crippen LogP) is 3.03. The number of piperazine rings is 1. The summed E-state index contributed by atoms with van der Waals surface area (Å²) in [7, 11) is 0. The maximum atomic E-state index is 12.9. The normalized spacial score (nSPS) is 13.9. The fourth-order valence-corrected chi connectivity index (χ4v) is 3.81. The summed E-state index contributed by atoms with van der Waals surface area (Å²) in [5, 5.41) is 2.96. The van der Waals surface area contributed by atoms with E-state index in [0.717, 1.165) is 12.1 Å². The van der Waals surface area contributed by atoms with Crippen molar-refractivity contribution in [2.45, 2.75) is 13.1 Å². The largest absolute Gasteiger partial charge is 0.351 e. The lowest BCUT2D eigenvalue weighted by molar-refractivity contribution is -0.122. The first-order valence-corrected chi connectivity index (χ1v) is 10.7. The van der Waals surface area contributed by atoms with Gasteiger partial charge >= 0.3 is 0 Å². The number of carbonyl (C=O) groups excluding carboxylic acids is 2. The number of nitrogens with zero attached hydrogens (tertiary/aromatic N) is 3. The van der Waals surface area contributed by atoms with Crippen LogP contribution in [0.25, 0.3) is 0 Å². The SMILES string of the molecule is Cl.O=C(CN1CCN(C(=O)c2ccn(Cc3ccccc3)c2)CC1)NCc1ccccc1. The van der Waals surface area contributed by atoms with Crippen molar-refractivity contribution >= 4 is 24.2 Å². The van der Waals surface area contributed by atoms with Crippen LogP contribution in [0.4, 0.5) is 0 Å². The Morgan fingerprint density at radius 2 is 1.44 bits per heavy atom. The van der Waals surface area contributed by atoms with Crippen LogP contribution < -0.4 is 5.32 Å². The van der Waals surface area contributed by atoms with E-state index in [4.69, 9.17) is 0 Å². The summed E-state index contributed by atoms with van der Waals surface area (Å²) < 4.78 is 2.04. The minimum absolute atomic E-state index is 0. The Balaban J connectivity index is 0.00000289. The van der Waals surface area contributed by atoms with Gasteiger partial charge in [-0.25, -0.2) is 0 Å². The van der Waals surface area contributed by atoms with Gasteiger partial charge in [0.05, 0.1) is 12.1 Å². The van der Waals surface area contributed by atoms with Gasteiger partial charge in [0.2, 0.25) is 5.91 Å². The Labute approximate surface area is 195 Å². The number of benzene rings is 2. The molecule has 0 aliphatic carbocycles. The molecule has 1 fully saturated rings. The number of hydrogen-bond donors (Lipinski definition) is 1. The Morgan fingerprint density at radius 3 is 2.09 bits per heavy atom. The molecule has 0 unspecified atom stereocenters. The van der Waals surface area contributed by atoms with Crippen LogP contribution in [-0.2, 0) is 17.9 Å². The van der Waals surface area contributed by atoms with Crippen LogP contribution in [0.15, 0.2) is 79.1 Å². The van der Waals surface area contributed by atoms with E-state index >= 15 is 0 Å². The maximum absolute atomic E-state index is 12.9. The molecule has 0 radical (unpaired) electrons. The third kappa shape index (κ3) is 6.45. The Hall–Kier alpha value is -3.09. The lowest BCUT2D eigenvalue weighted by Gasteiger charge is -2.34. The van der Waals surface area contributed by atoms with Gasteiger partial charge in [-0.1, -0.05) is 60.7 Å². The second-order valence-corrected chi connectivity index (χ2v) is 7.89. The summed E-state index contributed by atoms with van der Waals surface area (Å²) in [6.07, 6.45) is 3.87. The van der Waals surface area contributed by atoms with E-state index in [1.807, 2.05) is 76.5 Å². The van der Waals surface area contributed by atoms with Gasteiger partial charge in [0.25, 0.3) is 5.91 Å². The standard InChI is InChI=1S/C25H28N4O2.ClH/c30-24(26-17-21-7-3-1-4-8-21)20-27-13-15-29(16-14-27)25(31)23-11-12-28(19-23)18-22-9-5-2-6-10-22;/h1-12,19H,13-18,20H2,(H,26,30);1H. The molecule has 0 spiro atoms. The molecule has 0 bridgehead atoms. The van der Waals surface area contributed by atoms with Crippen molar-refractivity contribution in [2.24, 2.45) is 0 Å². The summed E-state index contributed by atoms with van der Waals surface area (Å²) in [4.78, 5) is 29.1. The number of aromatic nitrogens is 1. The molecule has 1 aliphatic rings. The molecule has 2 aromatic carbocycles. The number of nitrogens with one attached hydrogen (secondary N) is 1. The number of carbonyl (C=O) groups is 2. The first-order chi connectivity index (χ1) is 15.2. The molecule has 3 aromatic rings. The van der Waals surface area contributed by atoms with E-state index in [-0.39, 0.29) is 24.2 Å². The quantitative estimate of drug-likeness (QED) is 0.599. The third-order valence-corrected chi connectivity index (χ3v) is 5.56. The van der Waals surface area contributed by atoms with Gasteiger partial charge in [-0.15, -0.1) is 12.4 Å². The molecule has 2 amide bonds. The summed E-state index contributed by atoms with van der Waals surface area (Å²) in [5.74, 6) is 0.0709. The molecule has 0 atom stereocenters. The molecule has 1 aromatic heterocycles. The van der Waals surface area contributed by atoms with Crippen molar-refractivity contribution in [3.63, 3.8) is 0 Å². The van der Waals surface area contributed by atoms with Crippen molar-refractivity contribution in [3.05, 3.63) is 95.8 Å². The van der Waals surface area contributed by atoms with Gasteiger partial charge in [0.1, 0.15) is 0 Å². The van der Waals surface area contributed by atoms with Crippen LogP contribution in [0.3, 0.4) is 0 Å². The molecular formula is C25H29ClN4O2. The molecule has 6 nitrogen and oxygen atoms in total. The van der Waals surface area contributed by atoms with Crippen LogP contribution in [0.2, 0.25) is 0 Å². The zero-order valence-electron chi connectivity index (χ0n) is 18.0. The molecule has 32 heavy (non-hydrogen) atoms. The zero-order chi connectivity index (χ0) is 21.5. The number of amides is 2. The topological polar surface area (TPSA) is 57.6 Å². The van der Waals surface area contributed by atoms with Crippen molar-refractivity contribution in [3.8, 4) is 0 Å². The molecule has 1 N–H and O–H groups in total. The zero-order valence-corrected chi connectivity index (χ0v) is 18.8. The number of rotatable bonds is 7. The first kappa shape index (κ1) is 23.6. The van der Waals surface area contributed by atoms with Gasteiger partial charge in [0.15, 0.2) is 0 Å². The highest BCUT2D eigenvalue weighted by Crippen LogP contribution is 2.11. The highest BCUT2D eigenvalue weighted by Gasteiger charge is 2.23. The number of hydrogen-bond acceptors (Lipinski definition) is 3. The smallest absolute Gasteiger partial charge is 0.255 e. The highest BCUT2D eigenvalue weighted by molar-refractivity contribution is 5.94. The Bertz CT molecular complexity index is 999. The minimum atomic E-state index is 0. The average molecular weight is 453 g/mol. The number of halogens is 1. The molecule has 1 aliphatic heterocycles. The van der Waals surface area contributed by atoms with E-state index in [2.05, 4.69) is 22.3 Å². The summed E-state index contributed by atoms with van der Waals surface area (Å²) in [5.41, 5.74) is 3.01. The molecule has 1 saturated heterocycles. The van der Waals surface area contributed by atoms with Crippen molar-refractivity contribution in [1.29, 1.82) is 0 Å². The average Bonchev–Trinajstić information content (AvgIpc) is 3.27. The summed E-state index contributed by atoms with van der Waals surface area (Å²) in [6, 6.07) is 22.0. The predicted molar refractivity (Wildman–Crippen MR) is 128 cm³/mol. The second kappa shape index (κ2) is 11.5. The minimum Gasteiger partial charge on any atom is -0.351 e. The Kier molecular flexibility index (Phi) is 8.48. The lowest BCUT2D eigenvalue weighted by atomic mass is 10.2. The van der Waals surface area contributed by atoms with Crippen molar-refractivity contribution in [1.82, 2.24) is 19.7 Å². The highest BCUT2D eigenvalue weighted by atomic mass is 35.5. The fraction of sp³-hybridized carbons (Fsp3) is 0.280. The van der Waals surface area contributed by atoms with E-state index in [1.165, 1.54) is 5.56 Å². The van der Waals surface area contributed by atoms with Crippen molar-refractivity contribution < 1.29 is 9.59 Å². The van der Waals surface area contributed by atoms with Crippen LogP contribution in [0.1, 0.15) is 21.5 Å². The van der Waals surface area contributed by atoms with Crippen LogP contribution >= 0.6 is 12.4 Å². The molecule has 2 heterocycles. The van der Waals surface area contributed by atoms with Crippen LogP contribution in [-0.4, -0.2) is 58.9 Å². The lowest BCUT2D eigenvalue weighted by Crippen LogP contribution is -2.51. The van der Waals surface area contributed by atoms with Gasteiger partial charge < -0.3 is 14.8 Å². The van der Waals surface area contributed by atoms with Crippen LogP contribution in [0.5, 0.6) is 0 Å². The molecule has 0 saturated carbocycles. The molecular weight excluding hydrogens is 424 g/mol.